The normalized spacial score (nSPS) is 41.4. The summed E-state index contributed by atoms with van der Waals surface area (Å²) < 4.78 is 0. The summed E-state index contributed by atoms with van der Waals surface area (Å²) in [6.45, 7) is 0.848. The van der Waals surface area contributed by atoms with E-state index in [4.69, 9.17) is 0 Å². The van der Waals surface area contributed by atoms with E-state index in [1.165, 1.54) is 44.9 Å². The summed E-state index contributed by atoms with van der Waals surface area (Å²) in [5.74, 6) is 1.93. The average Bonchev–Trinajstić information content (AvgIpc) is 2.89. The van der Waals surface area contributed by atoms with Crippen molar-refractivity contribution in [1.29, 1.82) is 0 Å². The minimum absolute atomic E-state index is 0.375. The lowest BCUT2D eigenvalue weighted by Gasteiger charge is -2.34. The van der Waals surface area contributed by atoms with E-state index in [1.54, 1.807) is 0 Å². The van der Waals surface area contributed by atoms with Crippen LogP contribution in [0.1, 0.15) is 57.8 Å². The maximum Gasteiger partial charge on any atom is 0.0771 e. The van der Waals surface area contributed by atoms with Gasteiger partial charge in [-0.3, -0.25) is 0 Å². The predicted octanol–water partition coefficient (Wildman–Crippen LogP) is 2.46. The summed E-state index contributed by atoms with van der Waals surface area (Å²) in [6, 6.07) is 0.727. The Morgan fingerprint density at radius 3 is 2.50 bits per heavy atom. The molecular formula is C14H25NO. The summed E-state index contributed by atoms with van der Waals surface area (Å²) in [6.07, 6.45) is 11.5. The molecule has 0 aromatic carbocycles. The van der Waals surface area contributed by atoms with E-state index < -0.39 is 0 Å². The smallest absolute Gasteiger partial charge is 0.0771 e. The van der Waals surface area contributed by atoms with E-state index in [9.17, 15) is 5.11 Å². The van der Waals surface area contributed by atoms with E-state index in [0.717, 1.165) is 37.3 Å². The number of hydrogen-bond acceptors (Lipinski definition) is 2. The number of fused-ring (bicyclic) bond motifs is 2. The van der Waals surface area contributed by atoms with Gasteiger partial charge in [0.1, 0.15) is 0 Å². The molecule has 0 heterocycles. The standard InChI is InChI=1S/C14H25NO/c16-14(6-2-1-3-7-14)10-15-13-9-11-4-5-12(13)8-11/h11-13,15-16H,1-10H2. The molecule has 0 radical (unpaired) electrons. The van der Waals surface area contributed by atoms with Crippen LogP contribution in [0.25, 0.3) is 0 Å². The molecule has 2 nitrogen and oxygen atoms in total. The van der Waals surface area contributed by atoms with E-state index in [-0.39, 0.29) is 5.60 Å². The molecular weight excluding hydrogens is 198 g/mol. The molecule has 92 valence electrons. The van der Waals surface area contributed by atoms with Crippen LogP contribution in [0.4, 0.5) is 0 Å². The molecule has 0 aromatic heterocycles. The number of rotatable bonds is 3. The fourth-order valence-corrected chi connectivity index (χ4v) is 4.20. The van der Waals surface area contributed by atoms with Crippen LogP contribution in [0, 0.1) is 11.8 Å². The lowest BCUT2D eigenvalue weighted by Crippen LogP contribution is -2.47. The first-order valence-electron chi connectivity index (χ1n) is 7.21. The molecule has 0 aliphatic heterocycles. The fourth-order valence-electron chi connectivity index (χ4n) is 4.20. The average molecular weight is 223 g/mol. The minimum atomic E-state index is -0.375. The Kier molecular flexibility index (Phi) is 2.97. The first-order valence-corrected chi connectivity index (χ1v) is 7.21. The van der Waals surface area contributed by atoms with Crippen molar-refractivity contribution in [3.63, 3.8) is 0 Å². The van der Waals surface area contributed by atoms with Crippen LogP contribution >= 0.6 is 0 Å². The van der Waals surface area contributed by atoms with Crippen molar-refractivity contribution in [2.75, 3.05) is 6.54 Å². The molecule has 0 spiro atoms. The topological polar surface area (TPSA) is 32.3 Å². The maximum absolute atomic E-state index is 10.4. The maximum atomic E-state index is 10.4. The van der Waals surface area contributed by atoms with Crippen LogP contribution in [0.5, 0.6) is 0 Å². The number of nitrogens with one attached hydrogen (secondary N) is 1. The highest BCUT2D eigenvalue weighted by molar-refractivity contribution is 4.96. The zero-order valence-corrected chi connectivity index (χ0v) is 10.3. The van der Waals surface area contributed by atoms with E-state index in [0.29, 0.717) is 0 Å². The van der Waals surface area contributed by atoms with Crippen LogP contribution in [0.15, 0.2) is 0 Å². The van der Waals surface area contributed by atoms with Gasteiger partial charge in [0, 0.05) is 12.6 Å². The summed E-state index contributed by atoms with van der Waals surface area (Å²) in [7, 11) is 0. The first-order chi connectivity index (χ1) is 7.75. The van der Waals surface area contributed by atoms with Crippen molar-refractivity contribution < 1.29 is 5.11 Å². The van der Waals surface area contributed by atoms with Crippen molar-refractivity contribution in [2.45, 2.75) is 69.4 Å². The number of aliphatic hydroxyl groups is 1. The zero-order valence-electron chi connectivity index (χ0n) is 10.3. The van der Waals surface area contributed by atoms with Gasteiger partial charge in [0.25, 0.3) is 0 Å². The third-order valence-electron chi connectivity index (χ3n) is 5.22. The highest BCUT2D eigenvalue weighted by Crippen LogP contribution is 2.44. The van der Waals surface area contributed by atoms with Crippen molar-refractivity contribution in [1.82, 2.24) is 5.32 Å². The molecule has 0 saturated heterocycles. The molecule has 3 saturated carbocycles. The van der Waals surface area contributed by atoms with E-state index in [1.807, 2.05) is 0 Å². The second-order valence-corrected chi connectivity index (χ2v) is 6.45. The van der Waals surface area contributed by atoms with Crippen LogP contribution < -0.4 is 5.32 Å². The zero-order chi connectivity index (χ0) is 11.0. The quantitative estimate of drug-likeness (QED) is 0.770. The van der Waals surface area contributed by atoms with Gasteiger partial charge in [-0.1, -0.05) is 25.7 Å². The minimum Gasteiger partial charge on any atom is -0.389 e. The van der Waals surface area contributed by atoms with Crippen molar-refractivity contribution >= 4 is 0 Å². The van der Waals surface area contributed by atoms with Gasteiger partial charge >= 0.3 is 0 Å². The second-order valence-electron chi connectivity index (χ2n) is 6.45. The molecule has 2 N–H and O–H groups in total. The van der Waals surface area contributed by atoms with Gasteiger partial charge in [-0.25, -0.2) is 0 Å². The lowest BCUT2D eigenvalue weighted by atomic mass is 9.84. The van der Waals surface area contributed by atoms with Gasteiger partial charge in [0.05, 0.1) is 5.60 Å². The van der Waals surface area contributed by atoms with Crippen LogP contribution in [-0.2, 0) is 0 Å². The fraction of sp³-hybridized carbons (Fsp3) is 1.00. The molecule has 2 bridgehead atoms. The van der Waals surface area contributed by atoms with E-state index in [2.05, 4.69) is 5.32 Å². The molecule has 3 atom stereocenters. The highest BCUT2D eigenvalue weighted by atomic mass is 16.3. The summed E-state index contributed by atoms with van der Waals surface area (Å²) in [4.78, 5) is 0. The Bertz CT molecular complexity index is 247. The molecule has 0 aromatic rings. The molecule has 2 heteroatoms. The van der Waals surface area contributed by atoms with Gasteiger partial charge in [-0.15, -0.1) is 0 Å². The Balaban J connectivity index is 1.49. The van der Waals surface area contributed by atoms with E-state index >= 15 is 0 Å². The van der Waals surface area contributed by atoms with Gasteiger partial charge in [-0.05, 0) is 43.9 Å². The Morgan fingerprint density at radius 2 is 1.88 bits per heavy atom. The Morgan fingerprint density at radius 1 is 1.06 bits per heavy atom. The Hall–Kier alpha value is -0.0800. The van der Waals surface area contributed by atoms with Crippen molar-refractivity contribution in [3.8, 4) is 0 Å². The molecule has 3 rings (SSSR count). The summed E-state index contributed by atoms with van der Waals surface area (Å²) in [5, 5.41) is 14.1. The summed E-state index contributed by atoms with van der Waals surface area (Å²) in [5.41, 5.74) is -0.375. The third kappa shape index (κ3) is 2.14. The van der Waals surface area contributed by atoms with Crippen LogP contribution in [0.2, 0.25) is 0 Å². The third-order valence-corrected chi connectivity index (χ3v) is 5.22. The van der Waals surface area contributed by atoms with Gasteiger partial charge in [0.15, 0.2) is 0 Å². The molecule has 3 fully saturated rings. The number of hydrogen-bond donors (Lipinski definition) is 2. The van der Waals surface area contributed by atoms with Gasteiger partial charge in [0.2, 0.25) is 0 Å². The lowest BCUT2D eigenvalue weighted by molar-refractivity contribution is 0.00117. The molecule has 0 amide bonds. The van der Waals surface area contributed by atoms with Crippen LogP contribution in [0.3, 0.4) is 0 Å². The molecule has 3 aliphatic carbocycles. The van der Waals surface area contributed by atoms with Gasteiger partial charge in [-0.2, -0.15) is 0 Å². The SMILES string of the molecule is OC1(CNC2CC3CCC2C3)CCCCC1. The highest BCUT2D eigenvalue weighted by Gasteiger charge is 2.40. The molecule has 3 unspecified atom stereocenters. The predicted molar refractivity (Wildman–Crippen MR) is 65.3 cm³/mol. The molecule has 3 aliphatic rings. The molecule has 16 heavy (non-hydrogen) atoms. The largest absolute Gasteiger partial charge is 0.389 e. The van der Waals surface area contributed by atoms with Crippen molar-refractivity contribution in [3.05, 3.63) is 0 Å². The Labute approximate surface area is 98.8 Å². The van der Waals surface area contributed by atoms with Gasteiger partial charge < -0.3 is 10.4 Å². The second kappa shape index (κ2) is 4.30. The monoisotopic (exact) mass is 223 g/mol. The van der Waals surface area contributed by atoms with Crippen molar-refractivity contribution in [2.24, 2.45) is 11.8 Å². The summed E-state index contributed by atoms with van der Waals surface area (Å²) >= 11 is 0. The first kappa shape index (κ1) is 11.0. The van der Waals surface area contributed by atoms with Crippen LogP contribution in [-0.4, -0.2) is 23.3 Å².